The van der Waals surface area contributed by atoms with Gasteiger partial charge in [0.15, 0.2) is 5.82 Å². The third-order valence-corrected chi connectivity index (χ3v) is 5.39. The summed E-state index contributed by atoms with van der Waals surface area (Å²) >= 11 is 0. The van der Waals surface area contributed by atoms with Crippen LogP contribution in [0.15, 0.2) is 53.2 Å². The SMILES string of the molecule is CN(C)[C@H]1CCN(c2ccc(-c3nc(CCCc4ccccc4)no3)cn2)C1. The van der Waals surface area contributed by atoms with Crippen molar-refractivity contribution in [1.29, 1.82) is 0 Å². The number of benzene rings is 1. The molecular formula is C22H27N5O. The van der Waals surface area contributed by atoms with Gasteiger partial charge in [0.25, 0.3) is 5.89 Å². The molecular weight excluding hydrogens is 350 g/mol. The van der Waals surface area contributed by atoms with Gasteiger partial charge in [0.05, 0.1) is 5.56 Å². The molecule has 0 saturated carbocycles. The predicted octanol–water partition coefficient (Wildman–Crippen LogP) is 3.45. The summed E-state index contributed by atoms with van der Waals surface area (Å²) in [6.07, 6.45) is 5.84. The van der Waals surface area contributed by atoms with Crippen LogP contribution in [0.1, 0.15) is 24.2 Å². The third kappa shape index (κ3) is 4.39. The summed E-state index contributed by atoms with van der Waals surface area (Å²) in [6, 6.07) is 15.1. The normalized spacial score (nSPS) is 16.8. The Labute approximate surface area is 166 Å². The lowest BCUT2D eigenvalue weighted by Gasteiger charge is -2.21. The van der Waals surface area contributed by atoms with Crippen molar-refractivity contribution in [3.05, 3.63) is 60.0 Å². The molecule has 3 heterocycles. The van der Waals surface area contributed by atoms with Gasteiger partial charge in [0.2, 0.25) is 0 Å². The molecule has 146 valence electrons. The van der Waals surface area contributed by atoms with Crippen LogP contribution in [0.25, 0.3) is 11.5 Å². The molecule has 0 radical (unpaired) electrons. The summed E-state index contributed by atoms with van der Waals surface area (Å²) in [7, 11) is 4.27. The maximum Gasteiger partial charge on any atom is 0.259 e. The Balaban J connectivity index is 1.33. The van der Waals surface area contributed by atoms with Crippen LogP contribution in [0, 0.1) is 0 Å². The molecule has 0 amide bonds. The van der Waals surface area contributed by atoms with Crippen LogP contribution in [0.2, 0.25) is 0 Å². The summed E-state index contributed by atoms with van der Waals surface area (Å²) < 4.78 is 5.45. The number of pyridine rings is 1. The molecule has 1 aliphatic rings. The summed E-state index contributed by atoms with van der Waals surface area (Å²) in [5, 5.41) is 4.12. The molecule has 0 spiro atoms. The summed E-state index contributed by atoms with van der Waals surface area (Å²) in [5.41, 5.74) is 2.21. The highest BCUT2D eigenvalue weighted by atomic mass is 16.5. The second-order valence-electron chi connectivity index (χ2n) is 7.61. The van der Waals surface area contributed by atoms with Gasteiger partial charge in [-0.25, -0.2) is 4.98 Å². The lowest BCUT2D eigenvalue weighted by atomic mass is 10.1. The molecule has 0 N–H and O–H groups in total. The van der Waals surface area contributed by atoms with Crippen molar-refractivity contribution in [1.82, 2.24) is 20.0 Å². The van der Waals surface area contributed by atoms with Crippen molar-refractivity contribution < 1.29 is 4.52 Å². The Bertz CT molecular complexity index is 875. The Kier molecular flexibility index (Phi) is 5.67. The van der Waals surface area contributed by atoms with Crippen molar-refractivity contribution in [3.63, 3.8) is 0 Å². The number of rotatable bonds is 7. The van der Waals surface area contributed by atoms with E-state index in [4.69, 9.17) is 4.52 Å². The highest BCUT2D eigenvalue weighted by Gasteiger charge is 2.24. The summed E-state index contributed by atoms with van der Waals surface area (Å²) in [4.78, 5) is 13.8. The van der Waals surface area contributed by atoms with Crippen molar-refractivity contribution in [2.45, 2.75) is 31.7 Å². The molecule has 28 heavy (non-hydrogen) atoms. The summed E-state index contributed by atoms with van der Waals surface area (Å²) in [5.74, 6) is 2.31. The zero-order valence-corrected chi connectivity index (χ0v) is 16.6. The van der Waals surface area contributed by atoms with Crippen molar-refractivity contribution >= 4 is 5.82 Å². The fourth-order valence-corrected chi connectivity index (χ4v) is 3.64. The van der Waals surface area contributed by atoms with Crippen LogP contribution < -0.4 is 4.90 Å². The van der Waals surface area contributed by atoms with E-state index in [1.807, 2.05) is 24.4 Å². The van der Waals surface area contributed by atoms with Crippen LogP contribution in [-0.2, 0) is 12.8 Å². The van der Waals surface area contributed by atoms with Gasteiger partial charge in [-0.1, -0.05) is 35.5 Å². The number of likely N-dealkylation sites (N-methyl/N-ethyl adjacent to an activating group) is 1. The molecule has 6 nitrogen and oxygen atoms in total. The minimum absolute atomic E-state index is 0.543. The van der Waals surface area contributed by atoms with E-state index in [1.165, 1.54) is 12.0 Å². The average Bonchev–Trinajstić information content (AvgIpc) is 3.39. The molecule has 4 rings (SSSR count). The monoisotopic (exact) mass is 377 g/mol. The van der Waals surface area contributed by atoms with E-state index in [9.17, 15) is 0 Å². The first kappa shape index (κ1) is 18.6. The first-order chi connectivity index (χ1) is 13.7. The second-order valence-corrected chi connectivity index (χ2v) is 7.61. The lowest BCUT2D eigenvalue weighted by molar-refractivity contribution is 0.315. The standard InChI is InChI=1S/C22H27N5O/c1-26(2)19-13-14-27(16-19)21-12-11-18(15-23-21)22-24-20(25-28-22)10-6-9-17-7-4-3-5-8-17/h3-5,7-8,11-12,15,19H,6,9-10,13-14,16H2,1-2H3/t19-/m0/s1. The minimum atomic E-state index is 0.543. The Morgan fingerprint density at radius 2 is 1.96 bits per heavy atom. The maximum atomic E-state index is 5.45. The van der Waals surface area contributed by atoms with Gasteiger partial charge < -0.3 is 14.3 Å². The predicted molar refractivity (Wildman–Crippen MR) is 110 cm³/mol. The van der Waals surface area contributed by atoms with Crippen molar-refractivity contribution in [3.8, 4) is 11.5 Å². The summed E-state index contributed by atoms with van der Waals surface area (Å²) in [6.45, 7) is 2.06. The Morgan fingerprint density at radius 3 is 2.68 bits per heavy atom. The van der Waals surface area contributed by atoms with Crippen LogP contribution in [0.4, 0.5) is 5.82 Å². The minimum Gasteiger partial charge on any atom is -0.355 e. The van der Waals surface area contributed by atoms with Gasteiger partial charge in [-0.2, -0.15) is 4.98 Å². The van der Waals surface area contributed by atoms with Gasteiger partial charge in [-0.05, 0) is 51.1 Å². The van der Waals surface area contributed by atoms with Crippen LogP contribution in [-0.4, -0.2) is 53.3 Å². The fraction of sp³-hybridized carbons (Fsp3) is 0.409. The molecule has 0 aliphatic carbocycles. The molecule has 1 atom stereocenters. The second kappa shape index (κ2) is 8.52. The van der Waals surface area contributed by atoms with Gasteiger partial charge in [-0.3, -0.25) is 0 Å². The smallest absolute Gasteiger partial charge is 0.259 e. The first-order valence-corrected chi connectivity index (χ1v) is 9.93. The highest BCUT2D eigenvalue weighted by molar-refractivity contribution is 5.55. The Morgan fingerprint density at radius 1 is 1.11 bits per heavy atom. The maximum absolute atomic E-state index is 5.45. The number of aryl methyl sites for hydroxylation is 2. The van der Waals surface area contributed by atoms with E-state index >= 15 is 0 Å². The molecule has 1 aliphatic heterocycles. The zero-order chi connectivity index (χ0) is 19.3. The van der Waals surface area contributed by atoms with Gasteiger partial charge in [0.1, 0.15) is 5.82 Å². The van der Waals surface area contributed by atoms with Crippen LogP contribution in [0.5, 0.6) is 0 Å². The molecule has 0 bridgehead atoms. The first-order valence-electron chi connectivity index (χ1n) is 9.93. The lowest BCUT2D eigenvalue weighted by Crippen LogP contribution is -2.31. The van der Waals surface area contributed by atoms with E-state index in [2.05, 4.69) is 63.3 Å². The molecule has 0 unspecified atom stereocenters. The molecule has 6 heteroatoms. The molecule has 3 aromatic rings. The average molecular weight is 377 g/mol. The zero-order valence-electron chi connectivity index (χ0n) is 16.6. The van der Waals surface area contributed by atoms with E-state index in [0.29, 0.717) is 11.9 Å². The fourth-order valence-electron chi connectivity index (χ4n) is 3.64. The van der Waals surface area contributed by atoms with E-state index in [-0.39, 0.29) is 0 Å². The number of hydrogen-bond donors (Lipinski definition) is 0. The third-order valence-electron chi connectivity index (χ3n) is 5.39. The molecule has 1 saturated heterocycles. The highest BCUT2D eigenvalue weighted by Crippen LogP contribution is 2.23. The van der Waals surface area contributed by atoms with E-state index in [0.717, 1.165) is 49.6 Å². The molecule has 1 fully saturated rings. The van der Waals surface area contributed by atoms with E-state index in [1.54, 1.807) is 0 Å². The topological polar surface area (TPSA) is 58.3 Å². The molecule has 1 aromatic carbocycles. The number of anilines is 1. The number of hydrogen-bond acceptors (Lipinski definition) is 6. The number of aromatic nitrogens is 3. The molecule has 2 aromatic heterocycles. The van der Waals surface area contributed by atoms with Crippen LogP contribution in [0.3, 0.4) is 0 Å². The van der Waals surface area contributed by atoms with Gasteiger partial charge >= 0.3 is 0 Å². The van der Waals surface area contributed by atoms with Crippen LogP contribution >= 0.6 is 0 Å². The van der Waals surface area contributed by atoms with E-state index < -0.39 is 0 Å². The Hall–Kier alpha value is -2.73. The largest absolute Gasteiger partial charge is 0.355 e. The van der Waals surface area contributed by atoms with Crippen molar-refractivity contribution in [2.24, 2.45) is 0 Å². The van der Waals surface area contributed by atoms with Crippen molar-refractivity contribution in [2.75, 3.05) is 32.1 Å². The van der Waals surface area contributed by atoms with Gasteiger partial charge in [0, 0.05) is 31.7 Å². The van der Waals surface area contributed by atoms with Gasteiger partial charge in [-0.15, -0.1) is 0 Å². The number of nitrogens with zero attached hydrogens (tertiary/aromatic N) is 5. The quantitative estimate of drug-likeness (QED) is 0.629.